The topological polar surface area (TPSA) is 58.6 Å². The third-order valence-corrected chi connectivity index (χ3v) is 5.69. The number of rotatable bonds is 6. The largest absolute Gasteiger partial charge is 0.447 e. The minimum Gasteiger partial charge on any atom is -0.447 e. The Morgan fingerprint density at radius 3 is 2.56 bits per heavy atom. The van der Waals surface area contributed by atoms with Crippen molar-refractivity contribution in [3.05, 3.63) is 35.9 Å². The van der Waals surface area contributed by atoms with Gasteiger partial charge in [0.2, 0.25) is 6.10 Å². The number of benzene rings is 1. The molecule has 0 radical (unpaired) electrons. The third kappa shape index (κ3) is 5.44. The van der Waals surface area contributed by atoms with E-state index in [-0.39, 0.29) is 17.7 Å². The van der Waals surface area contributed by atoms with Crippen LogP contribution in [0.25, 0.3) is 0 Å². The van der Waals surface area contributed by atoms with Crippen LogP contribution in [0.4, 0.5) is 0 Å². The molecule has 1 aromatic carbocycles. The summed E-state index contributed by atoms with van der Waals surface area (Å²) in [5.74, 6) is -0.560. The molecule has 134 valence electrons. The third-order valence-electron chi connectivity index (χ3n) is 4.19. The number of nitrogens with zero attached hydrogens (tertiary/aromatic N) is 1. The van der Waals surface area contributed by atoms with Crippen LogP contribution < -0.4 is 5.32 Å². The highest BCUT2D eigenvalue weighted by atomic mass is 32.2. The quantitative estimate of drug-likeness (QED) is 0.607. The summed E-state index contributed by atoms with van der Waals surface area (Å²) in [6.45, 7) is 1.91. The predicted molar refractivity (Wildman–Crippen MR) is 102 cm³/mol. The number of esters is 1. The summed E-state index contributed by atoms with van der Waals surface area (Å²) >= 11 is 6.67. The number of hydrogen-bond acceptors (Lipinski definition) is 5. The molecular weight excluding hydrogens is 356 g/mol. The van der Waals surface area contributed by atoms with Crippen molar-refractivity contribution in [2.75, 3.05) is 18.8 Å². The average Bonchev–Trinajstić information content (AvgIpc) is 3.26. The first kappa shape index (κ1) is 18.2. The monoisotopic (exact) mass is 378 g/mol. The lowest BCUT2D eigenvalue weighted by atomic mass is 10.1. The molecule has 0 aromatic heterocycles. The molecule has 1 amide bonds. The van der Waals surface area contributed by atoms with Crippen LogP contribution in [0.2, 0.25) is 0 Å². The Labute approximate surface area is 157 Å². The summed E-state index contributed by atoms with van der Waals surface area (Å²) in [7, 11) is 0. The molecule has 1 atom stereocenters. The number of amides is 1. The number of carbonyl (C=O) groups is 2. The molecule has 25 heavy (non-hydrogen) atoms. The molecule has 5 nitrogen and oxygen atoms in total. The van der Waals surface area contributed by atoms with Crippen LogP contribution in [0.15, 0.2) is 30.3 Å². The maximum Gasteiger partial charge on any atom is 0.317 e. The Hall–Kier alpha value is -1.60. The number of carbonyl (C=O) groups excluding carboxylic acids is 2. The first-order valence-electron chi connectivity index (χ1n) is 8.60. The minimum absolute atomic E-state index is 0.120. The number of hydrogen-bond donors (Lipinski definition) is 1. The fourth-order valence-corrected chi connectivity index (χ4v) is 3.72. The van der Waals surface area contributed by atoms with E-state index in [2.05, 4.69) is 10.2 Å². The van der Waals surface area contributed by atoms with E-state index in [9.17, 15) is 9.59 Å². The van der Waals surface area contributed by atoms with Gasteiger partial charge in [-0.15, -0.1) is 0 Å². The lowest BCUT2D eigenvalue weighted by Gasteiger charge is -2.19. The number of ether oxygens (including phenoxy) is 1. The van der Waals surface area contributed by atoms with Gasteiger partial charge >= 0.3 is 5.97 Å². The summed E-state index contributed by atoms with van der Waals surface area (Å²) in [6, 6.07) is 9.34. The second-order valence-electron chi connectivity index (χ2n) is 6.31. The van der Waals surface area contributed by atoms with Crippen LogP contribution in [0, 0.1) is 0 Å². The van der Waals surface area contributed by atoms with Gasteiger partial charge in [-0.05, 0) is 25.7 Å². The van der Waals surface area contributed by atoms with Gasteiger partial charge in [-0.2, -0.15) is 0 Å². The van der Waals surface area contributed by atoms with Crippen molar-refractivity contribution in [1.29, 1.82) is 0 Å². The zero-order chi connectivity index (χ0) is 17.6. The highest BCUT2D eigenvalue weighted by Crippen LogP contribution is 2.24. The van der Waals surface area contributed by atoms with Gasteiger partial charge < -0.3 is 15.0 Å². The van der Waals surface area contributed by atoms with Crippen LogP contribution >= 0.6 is 24.0 Å². The Balaban J connectivity index is 1.55. The molecule has 1 heterocycles. The van der Waals surface area contributed by atoms with Crippen molar-refractivity contribution in [2.24, 2.45) is 0 Å². The van der Waals surface area contributed by atoms with Gasteiger partial charge in [-0.1, -0.05) is 54.3 Å². The summed E-state index contributed by atoms with van der Waals surface area (Å²) < 4.78 is 6.22. The van der Waals surface area contributed by atoms with E-state index in [4.69, 9.17) is 17.0 Å². The highest BCUT2D eigenvalue weighted by Gasteiger charge is 2.31. The fourth-order valence-electron chi connectivity index (χ4n) is 2.68. The number of nitrogens with one attached hydrogen (secondary N) is 1. The van der Waals surface area contributed by atoms with Crippen molar-refractivity contribution in [3.8, 4) is 0 Å². The molecular formula is C18H22N2O3S2. The molecule has 1 saturated heterocycles. The van der Waals surface area contributed by atoms with Crippen LogP contribution in [-0.2, 0) is 14.3 Å². The first-order chi connectivity index (χ1) is 12.1. The molecule has 3 rings (SSSR count). The maximum atomic E-state index is 12.4. The Morgan fingerprint density at radius 2 is 1.92 bits per heavy atom. The average molecular weight is 379 g/mol. The van der Waals surface area contributed by atoms with Crippen molar-refractivity contribution < 1.29 is 14.3 Å². The molecule has 1 aliphatic heterocycles. The van der Waals surface area contributed by atoms with Crippen molar-refractivity contribution in [2.45, 2.75) is 37.8 Å². The van der Waals surface area contributed by atoms with Gasteiger partial charge in [0.25, 0.3) is 5.91 Å². The fraction of sp³-hybridized carbons (Fsp3) is 0.500. The summed E-state index contributed by atoms with van der Waals surface area (Å²) in [5.41, 5.74) is 0.682. The predicted octanol–water partition coefficient (Wildman–Crippen LogP) is 2.66. The van der Waals surface area contributed by atoms with E-state index in [0.29, 0.717) is 5.56 Å². The normalized spacial score (nSPS) is 17.8. The molecule has 1 saturated carbocycles. The highest BCUT2D eigenvalue weighted by molar-refractivity contribution is 8.23. The molecule has 2 fully saturated rings. The zero-order valence-corrected chi connectivity index (χ0v) is 15.6. The Morgan fingerprint density at radius 1 is 1.24 bits per heavy atom. The van der Waals surface area contributed by atoms with E-state index < -0.39 is 12.1 Å². The molecule has 1 aliphatic carbocycles. The van der Waals surface area contributed by atoms with Crippen LogP contribution in [0.5, 0.6) is 0 Å². The van der Waals surface area contributed by atoms with Gasteiger partial charge in [-0.3, -0.25) is 9.59 Å². The van der Waals surface area contributed by atoms with Gasteiger partial charge in [0, 0.05) is 24.7 Å². The standard InChI is InChI=1S/C18H22N2O3S2/c21-15(12-25-18(24)20-10-4-5-11-20)23-16(13-6-2-1-3-7-13)17(22)19-14-8-9-14/h1-3,6-7,14,16H,4-5,8-12H2,(H,19,22)/t16-/m1/s1. The Bertz CT molecular complexity index is 628. The molecule has 2 aliphatic rings. The number of thiocarbonyl (C=S) groups is 1. The van der Waals surface area contributed by atoms with E-state index in [1.165, 1.54) is 11.8 Å². The van der Waals surface area contributed by atoms with Gasteiger partial charge in [-0.25, -0.2) is 0 Å². The molecule has 0 bridgehead atoms. The van der Waals surface area contributed by atoms with Gasteiger partial charge in [0.05, 0.1) is 5.75 Å². The van der Waals surface area contributed by atoms with Gasteiger partial charge in [0.1, 0.15) is 4.32 Å². The van der Waals surface area contributed by atoms with E-state index in [0.717, 1.165) is 43.1 Å². The van der Waals surface area contributed by atoms with E-state index >= 15 is 0 Å². The number of likely N-dealkylation sites (tertiary alicyclic amines) is 1. The van der Waals surface area contributed by atoms with Gasteiger partial charge in [0.15, 0.2) is 0 Å². The molecule has 1 aromatic rings. The SMILES string of the molecule is O=C(CSC(=S)N1CCCC1)O[C@@H](C(=O)NC1CC1)c1ccccc1. The summed E-state index contributed by atoms with van der Waals surface area (Å²) in [5, 5.41) is 2.91. The minimum atomic E-state index is -0.907. The second kappa shape index (κ2) is 8.67. The van der Waals surface area contributed by atoms with Crippen LogP contribution in [0.1, 0.15) is 37.4 Å². The summed E-state index contributed by atoms with van der Waals surface area (Å²) in [4.78, 5) is 26.8. The van der Waals surface area contributed by atoms with Crippen molar-refractivity contribution >= 4 is 40.2 Å². The zero-order valence-electron chi connectivity index (χ0n) is 14.0. The second-order valence-corrected chi connectivity index (χ2v) is 7.92. The number of thioether (sulfide) groups is 1. The van der Waals surface area contributed by atoms with Crippen LogP contribution in [-0.4, -0.2) is 46.0 Å². The molecule has 0 spiro atoms. The van der Waals surface area contributed by atoms with E-state index in [1.54, 1.807) is 12.1 Å². The van der Waals surface area contributed by atoms with Crippen molar-refractivity contribution in [3.63, 3.8) is 0 Å². The smallest absolute Gasteiger partial charge is 0.317 e. The van der Waals surface area contributed by atoms with E-state index in [1.807, 2.05) is 18.2 Å². The first-order valence-corrected chi connectivity index (χ1v) is 9.99. The van der Waals surface area contributed by atoms with Crippen LogP contribution in [0.3, 0.4) is 0 Å². The van der Waals surface area contributed by atoms with Crippen molar-refractivity contribution in [1.82, 2.24) is 10.2 Å². The molecule has 1 N–H and O–H groups in total. The lowest BCUT2D eigenvalue weighted by Crippen LogP contribution is -2.34. The molecule has 7 heteroatoms. The maximum absolute atomic E-state index is 12.4. The Kier molecular flexibility index (Phi) is 6.31. The summed E-state index contributed by atoms with van der Waals surface area (Å²) in [6.07, 6.45) is 3.35. The lowest BCUT2D eigenvalue weighted by molar-refractivity contribution is -0.154. The molecule has 0 unspecified atom stereocenters.